The quantitative estimate of drug-likeness (QED) is 0.164. The topological polar surface area (TPSA) is 6.48 Å². The molecule has 0 radical (unpaired) electrons. The fourth-order valence-corrected chi connectivity index (χ4v) is 12.8. The lowest BCUT2D eigenvalue weighted by Crippen LogP contribution is -2.10. The number of hydrogen-bond acceptors (Lipinski definition) is 4. The summed E-state index contributed by atoms with van der Waals surface area (Å²) in [5, 5.41) is 17.6. The van der Waals surface area contributed by atoms with E-state index in [4.69, 9.17) is 0 Å². The van der Waals surface area contributed by atoms with E-state index >= 15 is 0 Å². The van der Waals surface area contributed by atoms with E-state index in [-0.39, 0.29) is 0 Å². The van der Waals surface area contributed by atoms with Crippen molar-refractivity contribution >= 4 is 151 Å². The van der Waals surface area contributed by atoms with Crippen LogP contribution in [-0.2, 0) is 0 Å². The Morgan fingerprint density at radius 2 is 0.515 bits per heavy atom. The first kappa shape index (κ1) is 37.4. The second-order valence-corrected chi connectivity index (χ2v) is 19.4. The van der Waals surface area contributed by atoms with E-state index in [1.165, 1.54) is 117 Å². The van der Waals surface area contributed by atoms with Gasteiger partial charge in [0.05, 0.1) is 22.7 Å². The van der Waals surface area contributed by atoms with Crippen LogP contribution in [0.3, 0.4) is 0 Å². The fourth-order valence-electron chi connectivity index (χ4n) is 10.5. The molecule has 0 aliphatic heterocycles. The third kappa shape index (κ3) is 5.86. The predicted octanol–water partition coefficient (Wildman–Crippen LogP) is 19.1. The first-order valence-corrected chi connectivity index (χ1v) is 24.1. The number of fused-ring (bicyclic) bond motifs is 11. The van der Waals surface area contributed by atoms with Crippen molar-refractivity contribution in [2.24, 2.45) is 0 Å². The Bertz CT molecular complexity index is 3820. The Morgan fingerprint density at radius 1 is 0.212 bits per heavy atom. The molecule has 0 unspecified atom stereocenters. The number of hydrogen-bond donors (Lipinski definition) is 0. The van der Waals surface area contributed by atoms with E-state index in [0.29, 0.717) is 0 Å². The van der Waals surface area contributed by atoms with Crippen molar-refractivity contribution in [1.82, 2.24) is 0 Å². The highest BCUT2D eigenvalue weighted by molar-refractivity contribution is 7.26. The molecule has 14 rings (SSSR count). The van der Waals surface area contributed by atoms with Crippen LogP contribution in [0, 0.1) is 0 Å². The van der Waals surface area contributed by atoms with Crippen LogP contribution in [0.5, 0.6) is 0 Å². The molecule has 0 fully saturated rings. The van der Waals surface area contributed by atoms with Gasteiger partial charge in [-0.2, -0.15) is 0 Å². The van der Waals surface area contributed by atoms with Gasteiger partial charge in [0.1, 0.15) is 0 Å². The number of nitrogens with zero attached hydrogens (tertiary/aromatic N) is 2. The van der Waals surface area contributed by atoms with E-state index in [9.17, 15) is 0 Å². The van der Waals surface area contributed by atoms with Gasteiger partial charge in [0.25, 0.3) is 0 Å². The highest BCUT2D eigenvalue weighted by atomic mass is 32.1. The van der Waals surface area contributed by atoms with Crippen molar-refractivity contribution in [3.05, 3.63) is 231 Å². The second-order valence-electron chi connectivity index (χ2n) is 17.3. The van der Waals surface area contributed by atoms with Gasteiger partial charge in [-0.05, 0) is 105 Å². The Kier molecular flexibility index (Phi) is 8.36. The van der Waals surface area contributed by atoms with Gasteiger partial charge in [-0.25, -0.2) is 0 Å². The standard InChI is InChI=1S/C62H38N2S2/c1-5-21-47-39(13-1)17-9-25-55(47)63(56-26-10-18-40-14-2-6-22-48(40)56)45-29-31-51-53-33-43-34-54-52-32-30-46(38-62(52)66-60(54)36-44(43)35-59(53)65-61(51)37-45)64(57-27-11-19-41-15-3-7-23-49(41)57)58-28-12-20-42-16-4-8-24-50(42)58/h1-38H. The average Bonchev–Trinajstić information content (AvgIpc) is 3.91. The number of benzene rings is 12. The van der Waals surface area contributed by atoms with Crippen molar-refractivity contribution in [3.8, 4) is 0 Å². The monoisotopic (exact) mass is 874 g/mol. The lowest BCUT2D eigenvalue weighted by molar-refractivity contribution is 1.32. The van der Waals surface area contributed by atoms with E-state index in [0.717, 1.165) is 11.4 Å². The molecule has 0 atom stereocenters. The van der Waals surface area contributed by atoms with Crippen molar-refractivity contribution in [3.63, 3.8) is 0 Å². The van der Waals surface area contributed by atoms with Crippen molar-refractivity contribution < 1.29 is 0 Å². The van der Waals surface area contributed by atoms with Crippen molar-refractivity contribution in [2.75, 3.05) is 9.80 Å². The van der Waals surface area contributed by atoms with Crippen LogP contribution in [0.15, 0.2) is 231 Å². The predicted molar refractivity (Wildman–Crippen MR) is 289 cm³/mol. The lowest BCUT2D eigenvalue weighted by atomic mass is 10.0. The summed E-state index contributed by atoms with van der Waals surface area (Å²) in [6.45, 7) is 0. The third-order valence-electron chi connectivity index (χ3n) is 13.5. The lowest BCUT2D eigenvalue weighted by Gasteiger charge is -2.28. The van der Waals surface area contributed by atoms with Crippen LogP contribution in [-0.4, -0.2) is 0 Å². The van der Waals surface area contributed by atoms with Gasteiger partial charge < -0.3 is 9.80 Å². The zero-order valence-electron chi connectivity index (χ0n) is 35.7. The molecular formula is C62H38N2S2. The van der Waals surface area contributed by atoms with Gasteiger partial charge in [-0.3, -0.25) is 0 Å². The summed E-state index contributed by atoms with van der Waals surface area (Å²) < 4.78 is 5.18. The molecule has 0 saturated carbocycles. The Labute approximate surface area is 389 Å². The molecule has 0 N–H and O–H groups in total. The number of rotatable bonds is 6. The first-order chi connectivity index (χ1) is 32.7. The maximum atomic E-state index is 2.46. The Morgan fingerprint density at radius 3 is 0.879 bits per heavy atom. The van der Waals surface area contributed by atoms with Crippen molar-refractivity contribution in [2.45, 2.75) is 0 Å². The summed E-state index contributed by atoms with van der Waals surface area (Å²) in [6, 6.07) is 85.3. The minimum Gasteiger partial charge on any atom is -0.309 e. The van der Waals surface area contributed by atoms with Gasteiger partial charge in [-0.15, -0.1) is 22.7 Å². The molecule has 2 aromatic heterocycles. The highest BCUT2D eigenvalue weighted by Gasteiger charge is 2.21. The molecule has 4 heteroatoms. The molecule has 12 aromatic carbocycles. The normalized spacial score (nSPS) is 11.9. The summed E-state index contributed by atoms with van der Waals surface area (Å²) in [5.74, 6) is 0. The summed E-state index contributed by atoms with van der Waals surface area (Å²) in [5.41, 5.74) is 6.99. The number of anilines is 6. The minimum absolute atomic E-state index is 1.15. The molecule has 2 nitrogen and oxygen atoms in total. The van der Waals surface area contributed by atoms with E-state index < -0.39 is 0 Å². The zero-order chi connectivity index (χ0) is 43.3. The zero-order valence-corrected chi connectivity index (χ0v) is 37.3. The van der Waals surface area contributed by atoms with E-state index in [2.05, 4.69) is 240 Å². The van der Waals surface area contributed by atoms with Gasteiger partial charge in [0.15, 0.2) is 0 Å². The van der Waals surface area contributed by atoms with Gasteiger partial charge >= 0.3 is 0 Å². The van der Waals surface area contributed by atoms with Gasteiger partial charge in [0.2, 0.25) is 0 Å². The SMILES string of the molecule is c1ccc2c(N(c3ccc4c(c3)sc3cc5cc6sc7cc(N(c8cccc9ccccc89)c8cccc9ccccc89)ccc7c6cc5cc34)c3cccc4ccccc34)cccc2c1. The van der Waals surface area contributed by atoms with Crippen LogP contribution < -0.4 is 9.80 Å². The van der Waals surface area contributed by atoms with Crippen LogP contribution >= 0.6 is 22.7 Å². The fraction of sp³-hybridized carbons (Fsp3) is 0. The molecule has 2 heterocycles. The smallest absolute Gasteiger partial charge is 0.0540 e. The third-order valence-corrected chi connectivity index (χ3v) is 15.8. The Balaban J connectivity index is 0.905. The van der Waals surface area contributed by atoms with Crippen LogP contribution in [0.1, 0.15) is 0 Å². The molecule has 308 valence electrons. The molecule has 0 aliphatic carbocycles. The van der Waals surface area contributed by atoms with Crippen LogP contribution in [0.2, 0.25) is 0 Å². The molecule has 66 heavy (non-hydrogen) atoms. The minimum atomic E-state index is 1.15. The summed E-state index contributed by atoms with van der Waals surface area (Å²) >= 11 is 3.78. The van der Waals surface area contributed by atoms with Crippen LogP contribution in [0.4, 0.5) is 34.1 Å². The summed E-state index contributed by atoms with van der Waals surface area (Å²) in [7, 11) is 0. The van der Waals surface area contributed by atoms with E-state index in [1.807, 2.05) is 22.7 Å². The molecule has 0 aliphatic rings. The largest absolute Gasteiger partial charge is 0.309 e. The summed E-state index contributed by atoms with van der Waals surface area (Å²) in [4.78, 5) is 4.91. The Hall–Kier alpha value is -8.02. The van der Waals surface area contributed by atoms with Gasteiger partial charge in [-0.1, -0.05) is 158 Å². The molecular weight excluding hydrogens is 837 g/mol. The van der Waals surface area contributed by atoms with E-state index in [1.54, 1.807) is 0 Å². The van der Waals surface area contributed by atoms with Crippen molar-refractivity contribution in [1.29, 1.82) is 0 Å². The molecule has 0 saturated heterocycles. The summed E-state index contributed by atoms with van der Waals surface area (Å²) in [6.07, 6.45) is 0. The molecule has 0 bridgehead atoms. The maximum absolute atomic E-state index is 2.46. The van der Waals surface area contributed by atoms with Crippen LogP contribution in [0.25, 0.3) is 94.2 Å². The van der Waals surface area contributed by atoms with Gasteiger partial charge in [0, 0.05) is 73.3 Å². The highest BCUT2D eigenvalue weighted by Crippen LogP contribution is 2.48. The maximum Gasteiger partial charge on any atom is 0.0540 e. The molecule has 0 amide bonds. The second kappa shape index (κ2) is 14.8. The molecule has 14 aromatic rings. The average molecular weight is 875 g/mol. The molecule has 0 spiro atoms. The number of thiophene rings is 2. The first-order valence-electron chi connectivity index (χ1n) is 22.5.